The van der Waals surface area contributed by atoms with Crippen LogP contribution < -0.4 is 11.1 Å². The molecular formula is C24H17N5O3. The van der Waals surface area contributed by atoms with Crippen LogP contribution in [0.3, 0.4) is 0 Å². The zero-order valence-electron chi connectivity index (χ0n) is 16.7. The van der Waals surface area contributed by atoms with Gasteiger partial charge in [0, 0.05) is 22.4 Å². The lowest BCUT2D eigenvalue weighted by Crippen LogP contribution is -2.12. The highest BCUT2D eigenvalue weighted by Crippen LogP contribution is 2.23. The van der Waals surface area contributed by atoms with Crippen molar-refractivity contribution in [2.45, 2.75) is 0 Å². The predicted molar refractivity (Wildman–Crippen MR) is 120 cm³/mol. The summed E-state index contributed by atoms with van der Waals surface area (Å²) in [5.74, 6) is -0.619. The molecule has 0 aliphatic carbocycles. The van der Waals surface area contributed by atoms with Crippen LogP contribution in [0.25, 0.3) is 28.3 Å². The third kappa shape index (κ3) is 3.84. The maximum absolute atomic E-state index is 12.9. The Labute approximate surface area is 182 Å². The maximum atomic E-state index is 12.9. The number of aromatic amines is 1. The molecule has 0 saturated carbocycles. The van der Waals surface area contributed by atoms with Crippen molar-refractivity contribution in [1.29, 1.82) is 0 Å². The van der Waals surface area contributed by atoms with Gasteiger partial charge in [-0.1, -0.05) is 53.7 Å². The molecule has 0 bridgehead atoms. The zero-order chi connectivity index (χ0) is 21.9. The van der Waals surface area contributed by atoms with Gasteiger partial charge < -0.3 is 5.32 Å². The number of hydrogen-bond donors (Lipinski definition) is 2. The van der Waals surface area contributed by atoms with E-state index in [4.69, 9.17) is 0 Å². The number of benzene rings is 3. The second-order valence-electron chi connectivity index (χ2n) is 7.02. The summed E-state index contributed by atoms with van der Waals surface area (Å²) >= 11 is 0. The van der Waals surface area contributed by atoms with Crippen molar-refractivity contribution in [3.63, 3.8) is 0 Å². The summed E-state index contributed by atoms with van der Waals surface area (Å²) in [6, 6.07) is 26.1. The minimum Gasteiger partial charge on any atom is -0.322 e. The van der Waals surface area contributed by atoms with E-state index in [1.807, 2.05) is 48.5 Å². The first kappa shape index (κ1) is 19.3. The largest absolute Gasteiger partial charge is 0.439 e. The first-order valence-electron chi connectivity index (χ1n) is 9.85. The highest BCUT2D eigenvalue weighted by molar-refractivity contribution is 6.04. The van der Waals surface area contributed by atoms with E-state index in [0.717, 1.165) is 16.9 Å². The summed E-state index contributed by atoms with van der Waals surface area (Å²) in [5.41, 5.74) is 4.39. The van der Waals surface area contributed by atoms with Crippen molar-refractivity contribution in [3.05, 3.63) is 107 Å². The molecule has 0 saturated heterocycles. The van der Waals surface area contributed by atoms with Crippen molar-refractivity contribution in [2.24, 2.45) is 0 Å². The molecule has 2 aromatic heterocycles. The van der Waals surface area contributed by atoms with Gasteiger partial charge in [-0.25, -0.2) is 9.48 Å². The van der Waals surface area contributed by atoms with Crippen LogP contribution in [-0.2, 0) is 0 Å². The Morgan fingerprint density at radius 3 is 2.53 bits per heavy atom. The quantitative estimate of drug-likeness (QED) is 0.442. The van der Waals surface area contributed by atoms with Crippen molar-refractivity contribution < 1.29 is 9.32 Å². The fourth-order valence-corrected chi connectivity index (χ4v) is 3.42. The third-order valence-electron chi connectivity index (χ3n) is 4.90. The first-order chi connectivity index (χ1) is 15.7. The zero-order valence-corrected chi connectivity index (χ0v) is 16.7. The van der Waals surface area contributed by atoms with Crippen LogP contribution in [0.4, 0.5) is 5.69 Å². The highest BCUT2D eigenvalue weighted by Gasteiger charge is 2.12. The number of rotatable bonds is 5. The summed E-state index contributed by atoms with van der Waals surface area (Å²) in [6.07, 6.45) is 1.73. The Morgan fingerprint density at radius 1 is 0.906 bits per heavy atom. The Balaban J connectivity index is 1.41. The van der Waals surface area contributed by atoms with Gasteiger partial charge in [-0.3, -0.25) is 14.3 Å². The molecule has 0 fully saturated rings. The van der Waals surface area contributed by atoms with E-state index in [-0.39, 0.29) is 5.91 Å². The molecule has 8 nitrogen and oxygen atoms in total. The van der Waals surface area contributed by atoms with E-state index in [2.05, 4.69) is 25.1 Å². The van der Waals surface area contributed by atoms with Gasteiger partial charge in [-0.05, 0) is 36.4 Å². The molecule has 0 aliphatic rings. The number of nitrogens with one attached hydrogen (secondary N) is 2. The standard InChI is InChI=1S/C24H17N5O3/c30-23(26-19-10-4-8-17(14-19)22-27-24(31)32-28-22)18-9-5-11-20(15-18)29-21(12-13-25-29)16-6-2-1-3-7-16/h1-15H,(H,26,30)(H,27,28,31). The highest BCUT2D eigenvalue weighted by atomic mass is 16.5. The van der Waals surface area contributed by atoms with Crippen LogP contribution in [0.2, 0.25) is 0 Å². The number of hydrogen-bond acceptors (Lipinski definition) is 5. The van der Waals surface area contributed by atoms with Crippen molar-refractivity contribution in [1.82, 2.24) is 19.9 Å². The molecule has 0 unspecified atom stereocenters. The molecule has 32 heavy (non-hydrogen) atoms. The molecule has 0 atom stereocenters. The SMILES string of the molecule is O=C(Nc1cccc(-c2noc(=O)[nH]2)c1)c1cccc(-n2nccc2-c2ccccc2)c1. The van der Waals surface area contributed by atoms with Gasteiger partial charge in [-0.15, -0.1) is 0 Å². The van der Waals surface area contributed by atoms with E-state index in [1.165, 1.54) is 0 Å². The molecule has 2 N–H and O–H groups in total. The van der Waals surface area contributed by atoms with E-state index < -0.39 is 5.76 Å². The minimum atomic E-state index is -0.639. The van der Waals surface area contributed by atoms with Gasteiger partial charge in [-0.2, -0.15) is 5.10 Å². The lowest BCUT2D eigenvalue weighted by atomic mass is 10.1. The van der Waals surface area contributed by atoms with Crippen molar-refractivity contribution in [2.75, 3.05) is 5.32 Å². The molecule has 156 valence electrons. The molecular weight excluding hydrogens is 406 g/mol. The number of nitrogens with zero attached hydrogens (tertiary/aromatic N) is 3. The summed E-state index contributed by atoms with van der Waals surface area (Å²) in [7, 11) is 0. The van der Waals surface area contributed by atoms with Crippen LogP contribution in [0.15, 0.2) is 100 Å². The van der Waals surface area contributed by atoms with Crippen molar-refractivity contribution in [3.8, 4) is 28.3 Å². The van der Waals surface area contributed by atoms with E-state index >= 15 is 0 Å². The molecule has 5 rings (SSSR count). The van der Waals surface area contributed by atoms with Crippen LogP contribution in [0, 0.1) is 0 Å². The normalized spacial score (nSPS) is 10.8. The number of anilines is 1. The first-order valence-corrected chi connectivity index (χ1v) is 9.85. The smallest absolute Gasteiger partial charge is 0.322 e. The van der Waals surface area contributed by atoms with E-state index in [9.17, 15) is 9.59 Å². The second kappa shape index (κ2) is 8.19. The number of amides is 1. The monoisotopic (exact) mass is 423 g/mol. The number of aromatic nitrogens is 4. The average molecular weight is 423 g/mol. The molecule has 8 heteroatoms. The second-order valence-corrected chi connectivity index (χ2v) is 7.02. The van der Waals surface area contributed by atoms with Crippen molar-refractivity contribution >= 4 is 11.6 Å². The lowest BCUT2D eigenvalue weighted by Gasteiger charge is -2.10. The van der Waals surface area contributed by atoms with Gasteiger partial charge in [0.05, 0.1) is 17.6 Å². The number of carbonyl (C=O) groups excluding carboxylic acids is 1. The van der Waals surface area contributed by atoms with Gasteiger partial charge in [0.1, 0.15) is 0 Å². The maximum Gasteiger partial charge on any atom is 0.439 e. The van der Waals surface area contributed by atoms with Gasteiger partial charge in [0.25, 0.3) is 5.91 Å². The molecule has 2 heterocycles. The van der Waals surface area contributed by atoms with Gasteiger partial charge in [0.15, 0.2) is 5.82 Å². The fraction of sp³-hybridized carbons (Fsp3) is 0. The summed E-state index contributed by atoms with van der Waals surface area (Å²) in [5, 5.41) is 11.0. The molecule has 5 aromatic rings. The lowest BCUT2D eigenvalue weighted by molar-refractivity contribution is 0.102. The molecule has 0 radical (unpaired) electrons. The van der Waals surface area contributed by atoms with Gasteiger partial charge in [0.2, 0.25) is 0 Å². The molecule has 3 aromatic carbocycles. The van der Waals surface area contributed by atoms with Crippen LogP contribution in [0.5, 0.6) is 0 Å². The Hall–Kier alpha value is -4.72. The minimum absolute atomic E-state index is 0.272. The number of carbonyl (C=O) groups is 1. The topological polar surface area (TPSA) is 106 Å². The van der Waals surface area contributed by atoms with E-state index in [0.29, 0.717) is 22.6 Å². The molecule has 0 spiro atoms. The summed E-state index contributed by atoms with van der Waals surface area (Å²) < 4.78 is 6.34. The average Bonchev–Trinajstić information content (AvgIpc) is 3.49. The summed E-state index contributed by atoms with van der Waals surface area (Å²) in [4.78, 5) is 26.6. The Morgan fingerprint density at radius 2 is 1.72 bits per heavy atom. The summed E-state index contributed by atoms with van der Waals surface area (Å²) in [6.45, 7) is 0. The van der Waals surface area contributed by atoms with Crippen LogP contribution >= 0.6 is 0 Å². The van der Waals surface area contributed by atoms with Gasteiger partial charge >= 0.3 is 5.76 Å². The Kier molecular flexibility index (Phi) is 4.93. The number of H-pyrrole nitrogens is 1. The molecule has 1 amide bonds. The fourth-order valence-electron chi connectivity index (χ4n) is 3.42. The third-order valence-corrected chi connectivity index (χ3v) is 4.90. The molecule has 0 aliphatic heterocycles. The van der Waals surface area contributed by atoms with Crippen LogP contribution in [0.1, 0.15) is 10.4 Å². The van der Waals surface area contributed by atoms with E-state index in [1.54, 1.807) is 47.3 Å². The van der Waals surface area contributed by atoms with Crippen LogP contribution in [-0.4, -0.2) is 25.8 Å². The Bertz CT molecular complexity index is 1450. The predicted octanol–water partition coefficient (Wildman–Crippen LogP) is 4.13.